The van der Waals surface area contributed by atoms with Gasteiger partial charge in [-0.3, -0.25) is 14.7 Å². The van der Waals surface area contributed by atoms with Crippen LogP contribution in [-0.4, -0.2) is 72.2 Å². The topological polar surface area (TPSA) is 90.5 Å². The molecule has 1 aliphatic heterocycles. The van der Waals surface area contributed by atoms with Gasteiger partial charge in [-0.15, -0.1) is 0 Å². The van der Waals surface area contributed by atoms with Crippen LogP contribution in [0.2, 0.25) is 0 Å². The van der Waals surface area contributed by atoms with Gasteiger partial charge in [-0.2, -0.15) is 4.98 Å². The SMILES string of the molecule is COc1ccnc(N2CCC(N(C)Cc3cc(=O)[nH]c(N(C)C)n3)C2)n1. The van der Waals surface area contributed by atoms with Gasteiger partial charge in [0, 0.05) is 58.1 Å². The number of methoxy groups -OCH3 is 1. The van der Waals surface area contributed by atoms with Crippen molar-refractivity contribution in [1.29, 1.82) is 0 Å². The van der Waals surface area contributed by atoms with E-state index < -0.39 is 0 Å². The Hall–Kier alpha value is -2.68. The molecule has 0 radical (unpaired) electrons. The summed E-state index contributed by atoms with van der Waals surface area (Å²) in [6, 6.07) is 3.64. The van der Waals surface area contributed by atoms with Crippen molar-refractivity contribution in [3.63, 3.8) is 0 Å². The molecular formula is C17H25N7O2. The minimum atomic E-state index is -0.134. The van der Waals surface area contributed by atoms with E-state index in [0.29, 0.717) is 30.4 Å². The summed E-state index contributed by atoms with van der Waals surface area (Å²) in [6.45, 7) is 2.32. The monoisotopic (exact) mass is 359 g/mol. The van der Waals surface area contributed by atoms with Gasteiger partial charge in [0.15, 0.2) is 0 Å². The van der Waals surface area contributed by atoms with Crippen LogP contribution in [0.5, 0.6) is 5.88 Å². The van der Waals surface area contributed by atoms with Crippen molar-refractivity contribution in [3.05, 3.63) is 34.4 Å². The second kappa shape index (κ2) is 7.69. The molecule has 9 nitrogen and oxygen atoms in total. The molecule has 0 spiro atoms. The number of ether oxygens (including phenoxy) is 1. The van der Waals surface area contributed by atoms with Crippen LogP contribution in [0.1, 0.15) is 12.1 Å². The van der Waals surface area contributed by atoms with E-state index in [-0.39, 0.29) is 5.56 Å². The maximum absolute atomic E-state index is 11.8. The summed E-state index contributed by atoms with van der Waals surface area (Å²) < 4.78 is 5.18. The maximum Gasteiger partial charge on any atom is 0.252 e. The fraction of sp³-hybridized carbons (Fsp3) is 0.529. The first-order valence-corrected chi connectivity index (χ1v) is 8.56. The Labute approximate surface area is 152 Å². The second-order valence-corrected chi connectivity index (χ2v) is 6.66. The van der Waals surface area contributed by atoms with Crippen molar-refractivity contribution in [3.8, 4) is 5.88 Å². The lowest BCUT2D eigenvalue weighted by molar-refractivity contribution is 0.247. The van der Waals surface area contributed by atoms with E-state index in [0.717, 1.165) is 25.2 Å². The molecule has 1 N–H and O–H groups in total. The normalized spacial score (nSPS) is 17.0. The van der Waals surface area contributed by atoms with Gasteiger partial charge >= 0.3 is 0 Å². The largest absolute Gasteiger partial charge is 0.481 e. The highest BCUT2D eigenvalue weighted by atomic mass is 16.5. The Morgan fingerprint density at radius 1 is 1.35 bits per heavy atom. The molecule has 9 heteroatoms. The Kier molecular flexibility index (Phi) is 5.36. The molecule has 1 atom stereocenters. The number of aromatic nitrogens is 4. The molecular weight excluding hydrogens is 334 g/mol. The van der Waals surface area contributed by atoms with Crippen LogP contribution in [0.15, 0.2) is 23.1 Å². The highest BCUT2D eigenvalue weighted by Gasteiger charge is 2.27. The van der Waals surface area contributed by atoms with E-state index in [1.54, 1.807) is 30.3 Å². The molecule has 1 fully saturated rings. The van der Waals surface area contributed by atoms with Crippen molar-refractivity contribution in [1.82, 2.24) is 24.8 Å². The standard InChI is InChI=1S/C17H25N7O2/c1-22(2)17-19-12(9-14(25)20-17)10-23(3)13-6-8-24(11-13)16-18-7-5-15(21-16)26-4/h5,7,9,13H,6,8,10-11H2,1-4H3,(H,19,20,25). The molecule has 0 saturated carbocycles. The maximum atomic E-state index is 11.8. The zero-order valence-corrected chi connectivity index (χ0v) is 15.6. The summed E-state index contributed by atoms with van der Waals surface area (Å²) >= 11 is 0. The second-order valence-electron chi connectivity index (χ2n) is 6.66. The summed E-state index contributed by atoms with van der Waals surface area (Å²) in [5.41, 5.74) is 0.626. The van der Waals surface area contributed by atoms with E-state index >= 15 is 0 Å². The average molecular weight is 359 g/mol. The first-order chi connectivity index (χ1) is 12.5. The lowest BCUT2D eigenvalue weighted by Gasteiger charge is -2.24. The average Bonchev–Trinajstić information content (AvgIpc) is 3.11. The summed E-state index contributed by atoms with van der Waals surface area (Å²) in [5, 5.41) is 0. The smallest absolute Gasteiger partial charge is 0.252 e. The van der Waals surface area contributed by atoms with Gasteiger partial charge in [0.2, 0.25) is 17.8 Å². The number of likely N-dealkylation sites (N-methyl/N-ethyl adjacent to an activating group) is 1. The molecule has 3 rings (SSSR count). The summed E-state index contributed by atoms with van der Waals surface area (Å²) in [4.78, 5) is 34.0. The number of H-pyrrole nitrogens is 1. The Morgan fingerprint density at radius 3 is 2.88 bits per heavy atom. The summed E-state index contributed by atoms with van der Waals surface area (Å²) in [5.74, 6) is 1.82. The quantitative estimate of drug-likeness (QED) is 0.790. The highest BCUT2D eigenvalue weighted by molar-refractivity contribution is 5.34. The van der Waals surface area contributed by atoms with Crippen LogP contribution in [0, 0.1) is 0 Å². The fourth-order valence-electron chi connectivity index (χ4n) is 3.05. The van der Waals surface area contributed by atoms with Gasteiger partial charge in [-0.05, 0) is 13.5 Å². The number of hydrogen-bond acceptors (Lipinski definition) is 8. The predicted octanol–water partition coefficient (Wildman–Crippen LogP) is 0.345. The predicted molar refractivity (Wildman–Crippen MR) is 99.9 cm³/mol. The minimum Gasteiger partial charge on any atom is -0.481 e. The molecule has 2 aromatic heterocycles. The van der Waals surface area contributed by atoms with E-state index in [4.69, 9.17) is 4.74 Å². The van der Waals surface area contributed by atoms with Crippen LogP contribution in [0.25, 0.3) is 0 Å². The van der Waals surface area contributed by atoms with Crippen LogP contribution in [-0.2, 0) is 6.54 Å². The zero-order valence-electron chi connectivity index (χ0n) is 15.6. The lowest BCUT2D eigenvalue weighted by Crippen LogP contribution is -2.35. The number of hydrogen-bond donors (Lipinski definition) is 1. The number of aromatic amines is 1. The van der Waals surface area contributed by atoms with Gasteiger partial charge in [-0.25, -0.2) is 9.97 Å². The third kappa shape index (κ3) is 4.10. The van der Waals surface area contributed by atoms with Gasteiger partial charge < -0.3 is 14.5 Å². The van der Waals surface area contributed by atoms with Crippen LogP contribution in [0.4, 0.5) is 11.9 Å². The zero-order chi connectivity index (χ0) is 18.7. The van der Waals surface area contributed by atoms with E-state index in [2.05, 4.69) is 36.8 Å². The molecule has 0 amide bonds. The van der Waals surface area contributed by atoms with Crippen molar-refractivity contribution >= 4 is 11.9 Å². The third-order valence-electron chi connectivity index (χ3n) is 4.51. The van der Waals surface area contributed by atoms with Crippen molar-refractivity contribution < 1.29 is 4.74 Å². The third-order valence-corrected chi connectivity index (χ3v) is 4.51. The molecule has 1 aliphatic rings. The number of anilines is 2. The van der Waals surface area contributed by atoms with Crippen molar-refractivity contribution in [2.75, 3.05) is 51.1 Å². The van der Waals surface area contributed by atoms with Gasteiger partial charge in [-0.1, -0.05) is 0 Å². The molecule has 1 saturated heterocycles. The number of rotatable bonds is 6. The molecule has 140 valence electrons. The minimum absolute atomic E-state index is 0.134. The number of nitrogens with zero attached hydrogens (tertiary/aromatic N) is 6. The molecule has 3 heterocycles. The Balaban J connectivity index is 1.66. The van der Waals surface area contributed by atoms with E-state index in [1.165, 1.54) is 0 Å². The Bertz CT molecular complexity index is 808. The van der Waals surface area contributed by atoms with Crippen LogP contribution < -0.4 is 20.1 Å². The first-order valence-electron chi connectivity index (χ1n) is 8.56. The van der Waals surface area contributed by atoms with Crippen molar-refractivity contribution in [2.45, 2.75) is 19.0 Å². The summed E-state index contributed by atoms with van der Waals surface area (Å²) in [7, 11) is 7.37. The van der Waals surface area contributed by atoms with Gasteiger partial charge in [0.05, 0.1) is 12.8 Å². The molecule has 2 aromatic rings. The summed E-state index contributed by atoms with van der Waals surface area (Å²) in [6.07, 6.45) is 2.71. The molecule has 26 heavy (non-hydrogen) atoms. The molecule has 0 aromatic carbocycles. The van der Waals surface area contributed by atoms with Gasteiger partial charge in [0.25, 0.3) is 5.56 Å². The van der Waals surface area contributed by atoms with Crippen molar-refractivity contribution in [2.24, 2.45) is 0 Å². The first kappa shape index (κ1) is 18.1. The lowest BCUT2D eigenvalue weighted by atomic mass is 10.2. The van der Waals surface area contributed by atoms with Crippen LogP contribution >= 0.6 is 0 Å². The fourth-order valence-corrected chi connectivity index (χ4v) is 3.05. The molecule has 0 bridgehead atoms. The number of nitrogens with one attached hydrogen (secondary N) is 1. The van der Waals surface area contributed by atoms with E-state index in [9.17, 15) is 4.79 Å². The molecule has 0 aliphatic carbocycles. The molecule has 1 unspecified atom stereocenters. The Morgan fingerprint density at radius 2 is 2.15 bits per heavy atom. The van der Waals surface area contributed by atoms with Gasteiger partial charge in [0.1, 0.15) is 0 Å². The highest BCUT2D eigenvalue weighted by Crippen LogP contribution is 2.21. The van der Waals surface area contributed by atoms with E-state index in [1.807, 2.05) is 14.1 Å². The van der Waals surface area contributed by atoms with Crippen LogP contribution in [0.3, 0.4) is 0 Å².